The summed E-state index contributed by atoms with van der Waals surface area (Å²) in [7, 11) is 0. The number of carbonyl (C=O) groups is 4. The number of aliphatic hydroxyl groups is 2. The number of carboxylic acids is 3. The monoisotopic (exact) mass is 555 g/mol. The fourth-order valence-electron chi connectivity index (χ4n) is 3.85. The quantitative estimate of drug-likeness (QED) is 0.245. The highest BCUT2D eigenvalue weighted by Gasteiger charge is 2.40. The zero-order valence-corrected chi connectivity index (χ0v) is 21.4. The molecule has 2 aromatic rings. The number of rotatable bonds is 10. The first kappa shape index (κ1) is 30.8. The molecule has 3 rings (SSSR count). The van der Waals surface area contributed by atoms with Crippen molar-refractivity contribution in [3.63, 3.8) is 0 Å². The second-order valence-electron chi connectivity index (χ2n) is 8.88. The number of hydrogen-bond acceptors (Lipinski definition) is 9. The van der Waals surface area contributed by atoms with Gasteiger partial charge in [-0.1, -0.05) is 12.1 Å². The maximum absolute atomic E-state index is 13.4. The summed E-state index contributed by atoms with van der Waals surface area (Å²) in [6, 6.07) is 6.20. The fourth-order valence-corrected chi connectivity index (χ4v) is 4.57. The van der Waals surface area contributed by atoms with Gasteiger partial charge >= 0.3 is 17.9 Å². The summed E-state index contributed by atoms with van der Waals surface area (Å²) in [5, 5.41) is 47.5. The average Bonchev–Trinajstić information content (AvgIpc) is 3.25. The first-order valence-electron chi connectivity index (χ1n) is 11.5. The summed E-state index contributed by atoms with van der Waals surface area (Å²) in [6.45, 7) is 4.52. The second kappa shape index (κ2) is 13.4. The van der Waals surface area contributed by atoms with Crippen molar-refractivity contribution in [1.82, 2.24) is 15.2 Å². The lowest BCUT2D eigenvalue weighted by Crippen LogP contribution is -2.45. The Balaban J connectivity index is 0.000000332. The molecule has 0 saturated carbocycles. The number of amides is 1. The summed E-state index contributed by atoms with van der Waals surface area (Å²) in [4.78, 5) is 49.5. The molecule has 14 heteroatoms. The van der Waals surface area contributed by atoms with E-state index in [4.69, 9.17) is 20.4 Å². The minimum absolute atomic E-state index is 0.0896. The van der Waals surface area contributed by atoms with Crippen molar-refractivity contribution in [3.05, 3.63) is 51.7 Å². The van der Waals surface area contributed by atoms with Crippen molar-refractivity contribution in [3.8, 4) is 0 Å². The molecule has 0 radical (unpaired) electrons. The molecular formula is C24H30FN3O9S. The zero-order valence-electron chi connectivity index (χ0n) is 20.6. The Morgan fingerprint density at radius 1 is 1.13 bits per heavy atom. The molecule has 1 amide bonds. The van der Waals surface area contributed by atoms with Gasteiger partial charge in [0.25, 0.3) is 5.91 Å². The maximum atomic E-state index is 13.4. The predicted octanol–water partition coefficient (Wildman–Crippen LogP) is 1.06. The first-order chi connectivity index (χ1) is 17.8. The van der Waals surface area contributed by atoms with Gasteiger partial charge < -0.3 is 35.7 Å². The number of benzene rings is 1. The molecule has 0 spiro atoms. The lowest BCUT2D eigenvalue weighted by Gasteiger charge is -2.38. The van der Waals surface area contributed by atoms with Crippen LogP contribution in [0.4, 0.5) is 4.39 Å². The highest BCUT2D eigenvalue weighted by Crippen LogP contribution is 2.32. The van der Waals surface area contributed by atoms with Crippen LogP contribution in [0, 0.1) is 12.7 Å². The maximum Gasteiger partial charge on any atom is 0.336 e. The number of likely N-dealkylation sites (tertiary alicyclic amines) is 1. The van der Waals surface area contributed by atoms with E-state index in [-0.39, 0.29) is 11.7 Å². The number of nitrogens with zero attached hydrogens (tertiary/aromatic N) is 2. The number of nitrogens with one attached hydrogen (secondary N) is 1. The van der Waals surface area contributed by atoms with E-state index in [1.54, 1.807) is 17.6 Å². The van der Waals surface area contributed by atoms with Crippen LogP contribution in [0.25, 0.3) is 0 Å². The summed E-state index contributed by atoms with van der Waals surface area (Å²) in [6.07, 6.45) is -1.18. The van der Waals surface area contributed by atoms with Crippen LogP contribution < -0.4 is 5.32 Å². The third kappa shape index (κ3) is 8.83. The largest absolute Gasteiger partial charge is 0.481 e. The van der Waals surface area contributed by atoms with E-state index >= 15 is 0 Å². The van der Waals surface area contributed by atoms with Gasteiger partial charge in [0.1, 0.15) is 10.7 Å². The van der Waals surface area contributed by atoms with Gasteiger partial charge in [0, 0.05) is 26.2 Å². The van der Waals surface area contributed by atoms with Crippen LogP contribution in [-0.4, -0.2) is 91.0 Å². The van der Waals surface area contributed by atoms with Crippen molar-refractivity contribution in [1.29, 1.82) is 0 Å². The van der Waals surface area contributed by atoms with Crippen molar-refractivity contribution in [2.75, 3.05) is 26.2 Å². The predicted molar refractivity (Wildman–Crippen MR) is 132 cm³/mol. The number of aromatic nitrogens is 1. The number of hydrogen-bond donors (Lipinski definition) is 6. The molecule has 208 valence electrons. The Morgan fingerprint density at radius 2 is 1.74 bits per heavy atom. The topological polar surface area (TPSA) is 198 Å². The van der Waals surface area contributed by atoms with Crippen molar-refractivity contribution in [2.45, 2.75) is 43.8 Å². The molecule has 0 atom stereocenters. The lowest BCUT2D eigenvalue weighted by atomic mass is 9.84. The fraction of sp³-hybridized carbons (Fsp3) is 0.458. The van der Waals surface area contributed by atoms with Crippen LogP contribution >= 0.6 is 11.3 Å². The molecule has 1 saturated heterocycles. The molecule has 1 aliphatic rings. The normalized spacial score (nSPS) is 15.2. The molecule has 1 fully saturated rings. The van der Waals surface area contributed by atoms with Crippen molar-refractivity contribution in [2.24, 2.45) is 0 Å². The molecule has 12 nitrogen and oxygen atoms in total. The third-order valence-corrected chi connectivity index (χ3v) is 6.92. The van der Waals surface area contributed by atoms with Crippen molar-refractivity contribution < 1.29 is 49.1 Å². The number of halogens is 1. The Bertz CT molecular complexity index is 1130. The van der Waals surface area contributed by atoms with E-state index in [1.165, 1.54) is 23.5 Å². The molecule has 6 N–H and O–H groups in total. The highest BCUT2D eigenvalue weighted by atomic mass is 32.1. The Labute approximate surface area is 221 Å². The lowest BCUT2D eigenvalue weighted by molar-refractivity contribution is -0.170. The van der Waals surface area contributed by atoms with E-state index in [0.29, 0.717) is 42.9 Å². The minimum atomic E-state index is -2.74. The van der Waals surface area contributed by atoms with Gasteiger partial charge in [0.15, 0.2) is 5.60 Å². The Kier molecular flexibility index (Phi) is 10.8. The van der Waals surface area contributed by atoms with Crippen LogP contribution in [-0.2, 0) is 20.0 Å². The Morgan fingerprint density at radius 3 is 2.21 bits per heavy atom. The highest BCUT2D eigenvalue weighted by molar-refractivity contribution is 7.11. The number of aryl methyl sites for hydroxylation is 1. The second-order valence-corrected chi connectivity index (χ2v) is 9.74. The van der Waals surface area contributed by atoms with Crippen LogP contribution in [0.3, 0.4) is 0 Å². The summed E-state index contributed by atoms with van der Waals surface area (Å²) in [5.74, 6) is -5.43. The summed E-state index contributed by atoms with van der Waals surface area (Å²) in [5.41, 5.74) is -0.650. The number of carbonyl (C=O) groups excluding carboxylic acids is 1. The molecule has 2 heterocycles. The van der Waals surface area contributed by atoms with Crippen LogP contribution in [0.15, 0.2) is 29.8 Å². The molecule has 1 aromatic carbocycles. The van der Waals surface area contributed by atoms with E-state index in [0.717, 1.165) is 12.2 Å². The number of aliphatic carboxylic acids is 3. The van der Waals surface area contributed by atoms with E-state index in [9.17, 15) is 28.7 Å². The van der Waals surface area contributed by atoms with E-state index in [2.05, 4.69) is 15.2 Å². The molecule has 0 unspecified atom stereocenters. The van der Waals surface area contributed by atoms with Crippen LogP contribution in [0.1, 0.15) is 46.6 Å². The Hall–Kier alpha value is -3.46. The molecule has 1 aliphatic heterocycles. The van der Waals surface area contributed by atoms with Gasteiger partial charge in [-0.3, -0.25) is 14.4 Å². The number of carboxylic acid groups (broad SMARTS) is 3. The molecule has 1 aromatic heterocycles. The SMILES string of the molecule is Cc1ncsc1C(=O)NCCN1CCC(O)(c2cccc(F)c2)CC1.O=C(O)CC(O)(CC(=O)O)C(=O)O. The van der Waals surface area contributed by atoms with Gasteiger partial charge in [0.05, 0.1) is 29.6 Å². The average molecular weight is 556 g/mol. The van der Waals surface area contributed by atoms with Gasteiger partial charge in [-0.15, -0.1) is 11.3 Å². The summed E-state index contributed by atoms with van der Waals surface area (Å²) < 4.78 is 13.4. The third-order valence-electron chi connectivity index (χ3n) is 6.00. The number of thiazole rings is 1. The zero-order chi connectivity index (χ0) is 28.5. The molecular weight excluding hydrogens is 525 g/mol. The van der Waals surface area contributed by atoms with Crippen LogP contribution in [0.5, 0.6) is 0 Å². The smallest absolute Gasteiger partial charge is 0.336 e. The van der Waals surface area contributed by atoms with Gasteiger partial charge in [0.2, 0.25) is 0 Å². The van der Waals surface area contributed by atoms with Crippen molar-refractivity contribution >= 4 is 35.2 Å². The number of piperidine rings is 1. The molecule has 38 heavy (non-hydrogen) atoms. The van der Waals surface area contributed by atoms with Gasteiger partial charge in [-0.05, 0) is 37.5 Å². The molecule has 0 aliphatic carbocycles. The van der Waals surface area contributed by atoms with Crippen LogP contribution in [0.2, 0.25) is 0 Å². The standard InChI is InChI=1S/C18H22FN3O2S.C6H8O7/c1-13-16(25-12-21-13)17(23)20-7-10-22-8-5-18(24,6-9-22)14-3-2-4-15(19)11-14;7-3(8)1-6(13,5(11)12)2-4(9)10/h2-4,11-12,24H,5-10H2,1H3,(H,20,23);13H,1-2H2,(H,7,8)(H,9,10)(H,11,12). The van der Waals surface area contributed by atoms with E-state index < -0.39 is 42.0 Å². The minimum Gasteiger partial charge on any atom is -0.481 e. The molecule has 0 bridgehead atoms. The van der Waals surface area contributed by atoms with Gasteiger partial charge in [-0.2, -0.15) is 0 Å². The van der Waals surface area contributed by atoms with Gasteiger partial charge in [-0.25, -0.2) is 14.2 Å². The van der Waals surface area contributed by atoms with E-state index in [1.807, 2.05) is 6.92 Å². The first-order valence-corrected chi connectivity index (χ1v) is 12.4. The summed E-state index contributed by atoms with van der Waals surface area (Å²) >= 11 is 1.34.